The number of morpholine rings is 1. The maximum absolute atomic E-state index is 12.6. The Balaban J connectivity index is 1.50. The number of benzene rings is 1. The molecule has 1 aromatic carbocycles. The highest BCUT2D eigenvalue weighted by atomic mass is 35.5. The fourth-order valence-corrected chi connectivity index (χ4v) is 5.27. The molecule has 2 fully saturated rings. The topological polar surface area (TPSA) is 55.1 Å². The molecule has 3 aromatic rings. The smallest absolute Gasteiger partial charge is 0.406 e. The second-order valence-electron chi connectivity index (χ2n) is 8.95. The highest BCUT2D eigenvalue weighted by molar-refractivity contribution is 7.98. The second-order valence-corrected chi connectivity index (χ2v) is 10.1. The third kappa shape index (κ3) is 5.85. The Kier molecular flexibility index (Phi) is 7.52. The van der Waals surface area contributed by atoms with Gasteiger partial charge in [-0.1, -0.05) is 11.6 Å². The van der Waals surface area contributed by atoms with Crippen LogP contribution < -0.4 is 9.64 Å². The molecule has 1 saturated heterocycles. The van der Waals surface area contributed by atoms with Gasteiger partial charge >= 0.3 is 6.36 Å². The molecular formula is C24H27ClF3N5O2S. The Morgan fingerprint density at radius 1 is 1.25 bits per heavy atom. The maximum Gasteiger partial charge on any atom is 0.573 e. The van der Waals surface area contributed by atoms with Gasteiger partial charge < -0.3 is 14.4 Å². The van der Waals surface area contributed by atoms with E-state index in [1.54, 1.807) is 18.0 Å². The Morgan fingerprint density at radius 3 is 2.69 bits per heavy atom. The lowest BCUT2D eigenvalue weighted by Gasteiger charge is -2.31. The van der Waals surface area contributed by atoms with Crippen molar-refractivity contribution in [3.05, 3.63) is 35.6 Å². The summed E-state index contributed by atoms with van der Waals surface area (Å²) in [6, 6.07) is 3.87. The molecule has 1 aliphatic carbocycles. The minimum absolute atomic E-state index is 0.106. The Bertz CT molecular complexity index is 1210. The van der Waals surface area contributed by atoms with Crippen molar-refractivity contribution in [2.75, 3.05) is 57.1 Å². The van der Waals surface area contributed by atoms with Crippen LogP contribution in [0.5, 0.6) is 5.75 Å². The van der Waals surface area contributed by atoms with Gasteiger partial charge in [-0.2, -0.15) is 0 Å². The van der Waals surface area contributed by atoms with Crippen molar-refractivity contribution >= 4 is 34.8 Å². The van der Waals surface area contributed by atoms with E-state index in [0.29, 0.717) is 22.8 Å². The lowest BCUT2D eigenvalue weighted by atomic mass is 10.1. The molecule has 0 unspecified atom stereocenters. The van der Waals surface area contributed by atoms with E-state index in [9.17, 15) is 13.2 Å². The molecule has 2 aromatic heterocycles. The van der Waals surface area contributed by atoms with Crippen LogP contribution in [0.2, 0.25) is 5.02 Å². The Hall–Kier alpha value is -2.21. The van der Waals surface area contributed by atoms with Gasteiger partial charge in [0.2, 0.25) is 0 Å². The van der Waals surface area contributed by atoms with Gasteiger partial charge in [-0.15, -0.1) is 24.9 Å². The van der Waals surface area contributed by atoms with E-state index in [2.05, 4.69) is 19.5 Å². The van der Waals surface area contributed by atoms with E-state index in [-0.39, 0.29) is 10.8 Å². The number of imidazole rings is 1. The van der Waals surface area contributed by atoms with Crippen LogP contribution in [0.15, 0.2) is 35.6 Å². The van der Waals surface area contributed by atoms with E-state index in [1.807, 2.05) is 16.9 Å². The standard InChI is InChI=1S/C24H27ClF3N5O2S/c1-36-22-23(32(15-16-2-3-16)9-8-31-10-12-34-13-11-31)33-7-6-29-20(21(33)30-22)18-5-4-17(14-19(18)25)35-24(26,27)28/h4-7,14,16H,2-3,8-13,15H2,1H3. The lowest BCUT2D eigenvalue weighted by molar-refractivity contribution is -0.274. The minimum Gasteiger partial charge on any atom is -0.406 e. The summed E-state index contributed by atoms with van der Waals surface area (Å²) in [6.45, 7) is 6.13. The number of fused-ring (bicyclic) bond motifs is 1. The molecule has 194 valence electrons. The fraction of sp³-hybridized carbons (Fsp3) is 0.500. The lowest BCUT2D eigenvalue weighted by Crippen LogP contribution is -2.42. The molecule has 3 heterocycles. The monoisotopic (exact) mass is 541 g/mol. The number of thioether (sulfide) groups is 1. The first-order valence-corrected chi connectivity index (χ1v) is 13.4. The first-order valence-electron chi connectivity index (χ1n) is 11.8. The molecule has 0 N–H and O–H groups in total. The number of ether oxygens (including phenoxy) is 2. The minimum atomic E-state index is -4.79. The van der Waals surface area contributed by atoms with Crippen molar-refractivity contribution in [1.29, 1.82) is 0 Å². The molecule has 12 heteroatoms. The fourth-order valence-electron chi connectivity index (χ4n) is 4.43. The van der Waals surface area contributed by atoms with Crippen molar-refractivity contribution in [2.45, 2.75) is 24.2 Å². The highest BCUT2D eigenvalue weighted by Crippen LogP contribution is 2.39. The first kappa shape index (κ1) is 25.4. The van der Waals surface area contributed by atoms with E-state index >= 15 is 0 Å². The zero-order chi connectivity index (χ0) is 25.3. The first-order chi connectivity index (χ1) is 17.3. The number of halogens is 4. The van der Waals surface area contributed by atoms with Crippen LogP contribution in [-0.2, 0) is 4.74 Å². The van der Waals surface area contributed by atoms with Gasteiger partial charge in [-0.25, -0.2) is 4.98 Å². The summed E-state index contributed by atoms with van der Waals surface area (Å²) in [5.74, 6) is 1.30. The number of alkyl halides is 3. The largest absolute Gasteiger partial charge is 0.573 e. The van der Waals surface area contributed by atoms with Crippen molar-refractivity contribution in [3.63, 3.8) is 0 Å². The number of aromatic nitrogens is 3. The molecule has 5 rings (SSSR count). The van der Waals surface area contributed by atoms with Crippen molar-refractivity contribution < 1.29 is 22.6 Å². The molecule has 7 nitrogen and oxygen atoms in total. The van der Waals surface area contributed by atoms with E-state index in [0.717, 1.165) is 62.8 Å². The third-order valence-corrected chi connectivity index (χ3v) is 7.35. The van der Waals surface area contributed by atoms with Crippen LogP contribution in [0.4, 0.5) is 19.0 Å². The molecule has 1 saturated carbocycles. The van der Waals surface area contributed by atoms with E-state index in [1.165, 1.54) is 25.0 Å². The van der Waals surface area contributed by atoms with Gasteiger partial charge in [0.15, 0.2) is 5.65 Å². The van der Waals surface area contributed by atoms with Crippen molar-refractivity contribution in [3.8, 4) is 17.0 Å². The van der Waals surface area contributed by atoms with E-state index in [4.69, 9.17) is 21.3 Å². The molecule has 1 aliphatic heterocycles. The molecule has 36 heavy (non-hydrogen) atoms. The molecule has 0 radical (unpaired) electrons. The zero-order valence-electron chi connectivity index (χ0n) is 19.8. The molecular weight excluding hydrogens is 515 g/mol. The van der Waals surface area contributed by atoms with E-state index < -0.39 is 6.36 Å². The van der Waals surface area contributed by atoms with Gasteiger partial charge in [0.25, 0.3) is 0 Å². The SMILES string of the molecule is CSc1nc2c(-c3ccc(OC(F)(F)F)cc3Cl)nccn2c1N(CCN1CCOCC1)CC1CC1. The van der Waals surface area contributed by atoms with Crippen LogP contribution in [0.25, 0.3) is 16.9 Å². The van der Waals surface area contributed by atoms with Gasteiger partial charge in [0, 0.05) is 50.7 Å². The van der Waals surface area contributed by atoms with Crippen molar-refractivity contribution in [1.82, 2.24) is 19.3 Å². The summed E-state index contributed by atoms with van der Waals surface area (Å²) < 4.78 is 49.4. The predicted octanol–water partition coefficient (Wildman–Crippen LogP) is 5.22. The van der Waals surface area contributed by atoms with Crippen LogP contribution >= 0.6 is 23.4 Å². The average molecular weight is 542 g/mol. The highest BCUT2D eigenvalue weighted by Gasteiger charge is 2.32. The summed E-state index contributed by atoms with van der Waals surface area (Å²) in [6.07, 6.45) is 3.21. The third-order valence-electron chi connectivity index (χ3n) is 6.37. The van der Waals surface area contributed by atoms with Gasteiger partial charge in [-0.05, 0) is 43.2 Å². The summed E-state index contributed by atoms with van der Waals surface area (Å²) in [4.78, 5) is 14.2. The number of anilines is 1. The van der Waals surface area contributed by atoms with Gasteiger partial charge in [0.1, 0.15) is 22.3 Å². The number of nitrogens with zero attached hydrogens (tertiary/aromatic N) is 5. The Labute approximate surface area is 216 Å². The summed E-state index contributed by atoms with van der Waals surface area (Å²) in [5.41, 5.74) is 1.60. The van der Waals surface area contributed by atoms with Crippen LogP contribution in [-0.4, -0.2) is 77.8 Å². The second kappa shape index (κ2) is 10.6. The normalized spacial score (nSPS) is 17.0. The van der Waals surface area contributed by atoms with Gasteiger partial charge in [-0.3, -0.25) is 14.3 Å². The van der Waals surface area contributed by atoms with Crippen LogP contribution in [0.3, 0.4) is 0 Å². The molecule has 0 bridgehead atoms. The maximum atomic E-state index is 12.6. The van der Waals surface area contributed by atoms with Crippen LogP contribution in [0.1, 0.15) is 12.8 Å². The molecule has 2 aliphatic rings. The molecule has 0 amide bonds. The molecule has 0 spiro atoms. The van der Waals surface area contributed by atoms with Crippen molar-refractivity contribution in [2.24, 2.45) is 5.92 Å². The quantitative estimate of drug-likeness (QED) is 0.344. The van der Waals surface area contributed by atoms with Crippen LogP contribution in [0, 0.1) is 5.92 Å². The number of hydrogen-bond donors (Lipinski definition) is 0. The summed E-state index contributed by atoms with van der Waals surface area (Å²) in [5, 5.41) is 0.981. The summed E-state index contributed by atoms with van der Waals surface area (Å²) in [7, 11) is 0. The predicted molar refractivity (Wildman–Crippen MR) is 134 cm³/mol. The molecule has 0 atom stereocenters. The zero-order valence-corrected chi connectivity index (χ0v) is 21.4. The van der Waals surface area contributed by atoms with Gasteiger partial charge in [0.05, 0.1) is 18.2 Å². The number of rotatable bonds is 9. The average Bonchev–Trinajstić information content (AvgIpc) is 3.58. The number of hydrogen-bond acceptors (Lipinski definition) is 7. The summed E-state index contributed by atoms with van der Waals surface area (Å²) >= 11 is 7.96. The Morgan fingerprint density at radius 2 is 2.03 bits per heavy atom.